The van der Waals surface area contributed by atoms with E-state index in [4.69, 9.17) is 12.2 Å². The Bertz CT molecular complexity index is 457. The second kappa shape index (κ2) is 5.51. The molecular formula is C12H15N3S2. The normalized spacial score (nSPS) is 17.5. The van der Waals surface area contributed by atoms with Crippen LogP contribution < -0.4 is 5.32 Å². The molecule has 1 aromatic rings. The molecule has 0 bridgehead atoms. The summed E-state index contributed by atoms with van der Waals surface area (Å²) in [5.41, 5.74) is 2.20. The lowest BCUT2D eigenvalue weighted by Crippen LogP contribution is -2.38. The first kappa shape index (κ1) is 12.4. The summed E-state index contributed by atoms with van der Waals surface area (Å²) in [7, 11) is 1.84. The van der Waals surface area contributed by atoms with Gasteiger partial charge in [-0.2, -0.15) is 0 Å². The van der Waals surface area contributed by atoms with Crippen LogP contribution in [-0.4, -0.2) is 34.5 Å². The van der Waals surface area contributed by atoms with Crippen LogP contribution in [0.25, 0.3) is 0 Å². The maximum atomic E-state index is 5.26. The van der Waals surface area contributed by atoms with Crippen LogP contribution in [0.2, 0.25) is 0 Å². The van der Waals surface area contributed by atoms with Gasteiger partial charge < -0.3 is 5.32 Å². The van der Waals surface area contributed by atoms with Crippen LogP contribution in [-0.2, 0) is 0 Å². The topological polar surface area (TPSA) is 27.6 Å². The van der Waals surface area contributed by atoms with Crippen LogP contribution in [0.15, 0.2) is 29.3 Å². The van der Waals surface area contributed by atoms with Gasteiger partial charge in [-0.3, -0.25) is 4.90 Å². The third-order valence-electron chi connectivity index (χ3n) is 2.57. The van der Waals surface area contributed by atoms with E-state index in [0.717, 1.165) is 28.3 Å². The molecule has 3 nitrogen and oxygen atoms in total. The van der Waals surface area contributed by atoms with Gasteiger partial charge in [-0.05, 0) is 30.8 Å². The Labute approximate surface area is 111 Å². The van der Waals surface area contributed by atoms with Gasteiger partial charge in [0.1, 0.15) is 0 Å². The highest BCUT2D eigenvalue weighted by atomic mass is 32.2. The van der Waals surface area contributed by atoms with Crippen molar-refractivity contribution in [2.24, 2.45) is 4.99 Å². The fourth-order valence-electron chi connectivity index (χ4n) is 1.61. The largest absolute Gasteiger partial charge is 0.365 e. The van der Waals surface area contributed by atoms with Crippen molar-refractivity contribution in [3.63, 3.8) is 0 Å². The Morgan fingerprint density at radius 1 is 1.47 bits per heavy atom. The monoisotopic (exact) mass is 265 g/mol. The molecule has 0 amide bonds. The van der Waals surface area contributed by atoms with Crippen LogP contribution in [0, 0.1) is 6.92 Å². The first-order valence-electron chi connectivity index (χ1n) is 5.48. The molecule has 1 heterocycles. The quantitative estimate of drug-likeness (QED) is 0.790. The summed E-state index contributed by atoms with van der Waals surface area (Å²) in [5.74, 6) is 1.03. The standard InChI is InChI=1S/C12H15N3S2/c1-9-5-3-4-6-10(9)14-12-15(7-8-17-12)11(16)13-2/h3-6H,7-8H2,1-2H3,(H,13,16). The van der Waals surface area contributed by atoms with E-state index in [1.165, 1.54) is 5.56 Å². The highest BCUT2D eigenvalue weighted by molar-refractivity contribution is 8.14. The number of thiocarbonyl (C=S) groups is 1. The van der Waals surface area contributed by atoms with E-state index in [9.17, 15) is 0 Å². The average molecular weight is 265 g/mol. The number of nitrogens with zero attached hydrogens (tertiary/aromatic N) is 2. The van der Waals surface area contributed by atoms with Gasteiger partial charge in [0, 0.05) is 19.3 Å². The molecule has 1 aliphatic rings. The number of benzene rings is 1. The lowest BCUT2D eigenvalue weighted by atomic mass is 10.2. The second-order valence-electron chi connectivity index (χ2n) is 3.74. The summed E-state index contributed by atoms with van der Waals surface area (Å²) in [4.78, 5) is 6.73. The van der Waals surface area contributed by atoms with Gasteiger partial charge >= 0.3 is 0 Å². The van der Waals surface area contributed by atoms with Crippen molar-refractivity contribution in [2.45, 2.75) is 6.92 Å². The van der Waals surface area contributed by atoms with E-state index in [2.05, 4.69) is 23.3 Å². The summed E-state index contributed by atoms with van der Waals surface area (Å²) in [5, 5.41) is 4.72. The predicted molar refractivity (Wildman–Crippen MR) is 79.1 cm³/mol. The van der Waals surface area contributed by atoms with E-state index in [0.29, 0.717) is 0 Å². The Morgan fingerprint density at radius 2 is 2.24 bits per heavy atom. The average Bonchev–Trinajstić information content (AvgIpc) is 2.79. The number of nitrogens with one attached hydrogen (secondary N) is 1. The molecule has 0 unspecified atom stereocenters. The SMILES string of the molecule is CNC(=S)N1CCSC1=Nc1ccccc1C. The maximum Gasteiger partial charge on any atom is 0.174 e. The molecule has 0 aromatic heterocycles. The van der Waals surface area contributed by atoms with Gasteiger partial charge in [-0.15, -0.1) is 0 Å². The van der Waals surface area contributed by atoms with Crippen LogP contribution in [0.1, 0.15) is 5.56 Å². The molecule has 2 rings (SSSR count). The number of aryl methyl sites for hydroxylation is 1. The molecule has 0 aliphatic carbocycles. The predicted octanol–water partition coefficient (Wildman–Crippen LogP) is 2.54. The smallest absolute Gasteiger partial charge is 0.174 e. The van der Waals surface area contributed by atoms with Gasteiger partial charge in [0.2, 0.25) is 0 Å². The van der Waals surface area contributed by atoms with Gasteiger partial charge in [-0.1, -0.05) is 30.0 Å². The Morgan fingerprint density at radius 3 is 2.94 bits per heavy atom. The number of rotatable bonds is 1. The molecule has 17 heavy (non-hydrogen) atoms. The zero-order valence-corrected chi connectivity index (χ0v) is 11.6. The van der Waals surface area contributed by atoms with Gasteiger partial charge in [0.05, 0.1) is 5.69 Å². The van der Waals surface area contributed by atoms with Crippen molar-refractivity contribution in [3.05, 3.63) is 29.8 Å². The van der Waals surface area contributed by atoms with E-state index < -0.39 is 0 Å². The Balaban J connectivity index is 2.27. The number of aliphatic imine (C=N–C) groups is 1. The molecule has 0 spiro atoms. The van der Waals surface area contributed by atoms with E-state index >= 15 is 0 Å². The van der Waals surface area contributed by atoms with Crippen LogP contribution in [0.5, 0.6) is 0 Å². The summed E-state index contributed by atoms with van der Waals surface area (Å²) in [6, 6.07) is 8.13. The number of hydrogen-bond donors (Lipinski definition) is 1. The molecule has 90 valence electrons. The molecule has 0 saturated carbocycles. The van der Waals surface area contributed by atoms with Gasteiger partial charge in [0.15, 0.2) is 10.3 Å². The molecule has 0 atom stereocenters. The first-order chi connectivity index (χ1) is 8.22. The molecule has 1 fully saturated rings. The molecule has 0 radical (unpaired) electrons. The number of hydrogen-bond acceptors (Lipinski definition) is 3. The van der Waals surface area contributed by atoms with Crippen molar-refractivity contribution in [2.75, 3.05) is 19.3 Å². The van der Waals surface area contributed by atoms with Gasteiger partial charge in [0.25, 0.3) is 0 Å². The van der Waals surface area contributed by atoms with Crippen molar-refractivity contribution in [1.82, 2.24) is 10.2 Å². The minimum absolute atomic E-state index is 0.738. The lowest BCUT2D eigenvalue weighted by molar-refractivity contribution is 0.665. The van der Waals surface area contributed by atoms with Crippen LogP contribution in [0.3, 0.4) is 0 Å². The molecule has 1 aromatic carbocycles. The lowest BCUT2D eigenvalue weighted by Gasteiger charge is -2.18. The Hall–Kier alpha value is -1.07. The first-order valence-corrected chi connectivity index (χ1v) is 6.88. The van der Waals surface area contributed by atoms with Crippen molar-refractivity contribution in [1.29, 1.82) is 0 Å². The number of amidine groups is 1. The third-order valence-corrected chi connectivity index (χ3v) is 3.95. The van der Waals surface area contributed by atoms with E-state index in [1.54, 1.807) is 11.8 Å². The van der Waals surface area contributed by atoms with Crippen LogP contribution in [0.4, 0.5) is 5.69 Å². The second-order valence-corrected chi connectivity index (χ2v) is 5.18. The van der Waals surface area contributed by atoms with Crippen molar-refractivity contribution >= 4 is 39.9 Å². The van der Waals surface area contributed by atoms with E-state index in [-0.39, 0.29) is 0 Å². The minimum atomic E-state index is 0.738. The summed E-state index contributed by atoms with van der Waals surface area (Å²) >= 11 is 7.01. The van der Waals surface area contributed by atoms with Gasteiger partial charge in [-0.25, -0.2) is 4.99 Å². The highest BCUT2D eigenvalue weighted by Gasteiger charge is 2.22. The summed E-state index contributed by atoms with van der Waals surface area (Å²) in [6.45, 7) is 2.99. The zero-order valence-electron chi connectivity index (χ0n) is 9.93. The molecule has 5 heteroatoms. The van der Waals surface area contributed by atoms with Crippen molar-refractivity contribution in [3.8, 4) is 0 Å². The minimum Gasteiger partial charge on any atom is -0.365 e. The fourth-order valence-corrected chi connectivity index (χ4v) is 2.80. The Kier molecular flexibility index (Phi) is 4.02. The van der Waals surface area contributed by atoms with Crippen LogP contribution >= 0.6 is 24.0 Å². The number of para-hydroxylation sites is 1. The van der Waals surface area contributed by atoms with E-state index in [1.807, 2.05) is 30.1 Å². The maximum absolute atomic E-state index is 5.26. The highest BCUT2D eigenvalue weighted by Crippen LogP contribution is 2.24. The summed E-state index contributed by atoms with van der Waals surface area (Å²) < 4.78 is 0. The fraction of sp³-hybridized carbons (Fsp3) is 0.333. The molecule has 1 aliphatic heterocycles. The molecule has 1 saturated heterocycles. The zero-order chi connectivity index (χ0) is 12.3. The third kappa shape index (κ3) is 2.79. The summed E-state index contributed by atoms with van der Waals surface area (Å²) in [6.07, 6.45) is 0. The molecule has 1 N–H and O–H groups in total. The van der Waals surface area contributed by atoms with Crippen molar-refractivity contribution < 1.29 is 0 Å². The number of thioether (sulfide) groups is 1. The molecular weight excluding hydrogens is 250 g/mol.